The van der Waals surface area contributed by atoms with Gasteiger partial charge >= 0.3 is 5.97 Å². The van der Waals surface area contributed by atoms with Gasteiger partial charge in [-0.2, -0.15) is 5.26 Å². The van der Waals surface area contributed by atoms with Crippen LogP contribution in [0.25, 0.3) is 10.6 Å². The molecule has 108 valence electrons. The van der Waals surface area contributed by atoms with Crippen LogP contribution in [-0.2, 0) is 0 Å². The summed E-state index contributed by atoms with van der Waals surface area (Å²) in [5.74, 6) is -0.455. The van der Waals surface area contributed by atoms with E-state index < -0.39 is 5.97 Å². The van der Waals surface area contributed by atoms with Crippen LogP contribution in [0.2, 0.25) is 0 Å². The second kappa shape index (κ2) is 6.86. The fraction of sp³-hybridized carbons (Fsp3) is 0.267. The van der Waals surface area contributed by atoms with Crippen molar-refractivity contribution in [2.45, 2.75) is 19.8 Å². The Bertz CT molecular complexity index is 688. The van der Waals surface area contributed by atoms with Crippen molar-refractivity contribution in [3.8, 4) is 22.4 Å². The first-order valence-electron chi connectivity index (χ1n) is 6.52. The van der Waals surface area contributed by atoms with Crippen LogP contribution >= 0.6 is 11.3 Å². The van der Waals surface area contributed by atoms with Gasteiger partial charge in [0, 0.05) is 5.56 Å². The molecule has 1 heterocycles. The molecule has 0 aliphatic heterocycles. The van der Waals surface area contributed by atoms with Gasteiger partial charge < -0.3 is 9.84 Å². The number of ether oxygens (including phenoxy) is 1. The topological polar surface area (TPSA) is 83.2 Å². The monoisotopic (exact) mass is 302 g/mol. The lowest BCUT2D eigenvalue weighted by atomic mass is 10.1. The first-order chi connectivity index (χ1) is 10.2. The molecular weight excluding hydrogens is 288 g/mol. The lowest BCUT2D eigenvalue weighted by Gasteiger charge is -2.08. The number of thiazole rings is 1. The van der Waals surface area contributed by atoms with Crippen LogP contribution < -0.4 is 4.74 Å². The molecule has 0 fully saturated rings. The van der Waals surface area contributed by atoms with E-state index in [1.54, 1.807) is 18.2 Å². The molecule has 2 rings (SSSR count). The quantitative estimate of drug-likeness (QED) is 0.825. The maximum atomic E-state index is 10.9. The highest BCUT2D eigenvalue weighted by Crippen LogP contribution is 2.29. The minimum Gasteiger partial charge on any atom is -0.492 e. The number of nitriles is 1. The summed E-state index contributed by atoms with van der Waals surface area (Å²) in [6.07, 6.45) is 3.28. The number of aromatic nitrogens is 1. The molecule has 0 amide bonds. The van der Waals surface area contributed by atoms with Gasteiger partial charge in [0.25, 0.3) is 0 Å². The van der Waals surface area contributed by atoms with Gasteiger partial charge in [0.2, 0.25) is 0 Å². The number of carboxylic acids is 1. The highest BCUT2D eigenvalue weighted by Gasteiger charge is 2.12. The third-order valence-electron chi connectivity index (χ3n) is 2.82. The number of unbranched alkanes of at least 4 members (excludes halogenated alkanes) is 1. The van der Waals surface area contributed by atoms with Crippen LogP contribution in [0, 0.1) is 11.3 Å². The Balaban J connectivity index is 2.25. The summed E-state index contributed by atoms with van der Waals surface area (Å²) < 4.78 is 5.57. The fourth-order valence-electron chi connectivity index (χ4n) is 1.71. The van der Waals surface area contributed by atoms with Crippen LogP contribution in [0.1, 0.15) is 35.0 Å². The summed E-state index contributed by atoms with van der Waals surface area (Å²) in [4.78, 5) is 15.1. The average Bonchev–Trinajstić information content (AvgIpc) is 2.98. The molecule has 0 atom stereocenters. The average molecular weight is 302 g/mol. The Labute approximate surface area is 126 Å². The zero-order valence-electron chi connectivity index (χ0n) is 11.5. The molecule has 1 N–H and O–H groups in total. The Kier molecular flexibility index (Phi) is 4.90. The van der Waals surface area contributed by atoms with E-state index in [-0.39, 0.29) is 4.88 Å². The summed E-state index contributed by atoms with van der Waals surface area (Å²) in [6, 6.07) is 7.28. The fourth-order valence-corrected chi connectivity index (χ4v) is 2.46. The smallest absolute Gasteiger partial charge is 0.347 e. The number of rotatable bonds is 6. The van der Waals surface area contributed by atoms with E-state index in [2.05, 4.69) is 18.0 Å². The van der Waals surface area contributed by atoms with Crippen molar-refractivity contribution in [3.05, 3.63) is 34.8 Å². The highest BCUT2D eigenvalue weighted by atomic mass is 32.1. The summed E-state index contributed by atoms with van der Waals surface area (Å²) in [5, 5.41) is 18.7. The molecule has 0 spiro atoms. The summed E-state index contributed by atoms with van der Waals surface area (Å²) in [7, 11) is 0. The van der Waals surface area contributed by atoms with Crippen molar-refractivity contribution in [2.75, 3.05) is 6.61 Å². The molecule has 1 aromatic carbocycles. The van der Waals surface area contributed by atoms with Gasteiger partial charge in [-0.15, -0.1) is 11.3 Å². The first-order valence-corrected chi connectivity index (χ1v) is 7.33. The van der Waals surface area contributed by atoms with E-state index in [9.17, 15) is 10.1 Å². The SMILES string of the molecule is CCCCOc1ccc(-c2ncc(C(=O)O)s2)cc1C#N. The molecule has 0 unspecified atom stereocenters. The van der Waals surface area contributed by atoms with Crippen molar-refractivity contribution < 1.29 is 14.6 Å². The third-order valence-corrected chi connectivity index (χ3v) is 3.85. The summed E-state index contributed by atoms with van der Waals surface area (Å²) >= 11 is 1.08. The number of hydrogen-bond donors (Lipinski definition) is 1. The lowest BCUT2D eigenvalue weighted by molar-refractivity contribution is 0.0702. The summed E-state index contributed by atoms with van der Waals surface area (Å²) in [5.41, 5.74) is 1.14. The van der Waals surface area contributed by atoms with Gasteiger partial charge in [0.05, 0.1) is 18.4 Å². The normalized spacial score (nSPS) is 10.1. The standard InChI is InChI=1S/C15H14N2O3S/c1-2-3-6-20-12-5-4-10(7-11(12)8-16)14-17-9-13(21-14)15(18)19/h4-5,7,9H,2-3,6H2,1H3,(H,18,19). The van der Waals surface area contributed by atoms with Gasteiger partial charge in [-0.3, -0.25) is 0 Å². The minimum atomic E-state index is -1.00. The Morgan fingerprint density at radius 2 is 2.33 bits per heavy atom. The van der Waals surface area contributed by atoms with Crippen LogP contribution in [0.5, 0.6) is 5.75 Å². The van der Waals surface area contributed by atoms with Crippen LogP contribution in [0.15, 0.2) is 24.4 Å². The van der Waals surface area contributed by atoms with Crippen molar-refractivity contribution in [1.82, 2.24) is 4.98 Å². The van der Waals surface area contributed by atoms with Crippen LogP contribution in [0.4, 0.5) is 0 Å². The van der Waals surface area contributed by atoms with E-state index in [0.29, 0.717) is 28.5 Å². The maximum absolute atomic E-state index is 10.9. The second-order valence-electron chi connectivity index (χ2n) is 4.36. The van der Waals surface area contributed by atoms with Gasteiger partial charge in [-0.05, 0) is 24.6 Å². The predicted octanol–water partition coefficient (Wildman–Crippen LogP) is 3.56. The molecule has 0 aliphatic rings. The van der Waals surface area contributed by atoms with E-state index in [4.69, 9.17) is 9.84 Å². The molecule has 21 heavy (non-hydrogen) atoms. The van der Waals surface area contributed by atoms with Crippen molar-refractivity contribution in [3.63, 3.8) is 0 Å². The van der Waals surface area contributed by atoms with Crippen LogP contribution in [-0.4, -0.2) is 22.7 Å². The molecule has 6 heteroatoms. The molecule has 2 aromatic rings. The third kappa shape index (κ3) is 3.58. The van der Waals surface area contributed by atoms with E-state index >= 15 is 0 Å². The molecule has 0 aliphatic carbocycles. The Morgan fingerprint density at radius 3 is 2.95 bits per heavy atom. The molecule has 0 saturated carbocycles. The Morgan fingerprint density at radius 1 is 1.52 bits per heavy atom. The number of hydrogen-bond acceptors (Lipinski definition) is 5. The molecular formula is C15H14N2O3S. The van der Waals surface area contributed by atoms with E-state index in [1.807, 2.05) is 0 Å². The highest BCUT2D eigenvalue weighted by molar-refractivity contribution is 7.16. The van der Waals surface area contributed by atoms with Crippen molar-refractivity contribution in [1.29, 1.82) is 5.26 Å². The van der Waals surface area contributed by atoms with Gasteiger partial charge in [-0.25, -0.2) is 9.78 Å². The number of carbonyl (C=O) groups is 1. The van der Waals surface area contributed by atoms with Gasteiger partial charge in [-0.1, -0.05) is 13.3 Å². The van der Waals surface area contributed by atoms with Crippen molar-refractivity contribution >= 4 is 17.3 Å². The molecule has 0 radical (unpaired) electrons. The summed E-state index contributed by atoms with van der Waals surface area (Å²) in [6.45, 7) is 2.64. The van der Waals surface area contributed by atoms with E-state index in [0.717, 1.165) is 24.2 Å². The van der Waals surface area contributed by atoms with E-state index in [1.165, 1.54) is 6.20 Å². The predicted molar refractivity (Wildman–Crippen MR) is 79.6 cm³/mol. The number of nitrogens with zero attached hydrogens (tertiary/aromatic N) is 2. The van der Waals surface area contributed by atoms with Crippen LogP contribution in [0.3, 0.4) is 0 Å². The lowest BCUT2D eigenvalue weighted by Crippen LogP contribution is -1.98. The molecule has 0 bridgehead atoms. The molecule has 5 nitrogen and oxygen atoms in total. The second-order valence-corrected chi connectivity index (χ2v) is 5.39. The largest absolute Gasteiger partial charge is 0.492 e. The zero-order chi connectivity index (χ0) is 15.2. The Hall–Kier alpha value is -2.39. The number of aromatic carboxylic acids is 1. The maximum Gasteiger partial charge on any atom is 0.347 e. The minimum absolute atomic E-state index is 0.173. The van der Waals surface area contributed by atoms with Gasteiger partial charge in [0.15, 0.2) is 0 Å². The molecule has 0 saturated heterocycles. The molecule has 1 aromatic heterocycles. The zero-order valence-corrected chi connectivity index (χ0v) is 12.3. The first kappa shape index (κ1) is 15.0. The van der Waals surface area contributed by atoms with Gasteiger partial charge in [0.1, 0.15) is 21.7 Å². The number of carboxylic acid groups (broad SMARTS) is 1. The van der Waals surface area contributed by atoms with Crippen molar-refractivity contribution in [2.24, 2.45) is 0 Å². The number of benzene rings is 1.